The number of morpholine rings is 1. The van der Waals surface area contributed by atoms with Crippen LogP contribution in [0.4, 0.5) is 5.69 Å². The summed E-state index contributed by atoms with van der Waals surface area (Å²) in [6.07, 6.45) is 0. The van der Waals surface area contributed by atoms with Crippen LogP contribution in [0.25, 0.3) is 0 Å². The van der Waals surface area contributed by atoms with Gasteiger partial charge in [0.25, 0.3) is 0 Å². The van der Waals surface area contributed by atoms with E-state index in [-0.39, 0.29) is 11.9 Å². The van der Waals surface area contributed by atoms with Crippen molar-refractivity contribution in [3.8, 4) is 0 Å². The average Bonchev–Trinajstić information content (AvgIpc) is 2.63. The number of alkyl halides is 1. The van der Waals surface area contributed by atoms with Crippen molar-refractivity contribution in [2.24, 2.45) is 5.41 Å². The quantitative estimate of drug-likeness (QED) is 0.752. The number of halogens is 1. The fraction of sp³-hybridized carbons (Fsp3) is 0.632. The third-order valence-corrected chi connectivity index (χ3v) is 5.35. The van der Waals surface area contributed by atoms with E-state index < -0.39 is 5.41 Å². The Balaban J connectivity index is 2.14. The maximum atomic E-state index is 12.4. The van der Waals surface area contributed by atoms with E-state index in [9.17, 15) is 4.79 Å². The van der Waals surface area contributed by atoms with Crippen LogP contribution in [0.2, 0.25) is 0 Å². The fourth-order valence-electron chi connectivity index (χ4n) is 2.83. The Bertz CT molecular complexity index is 554. The minimum Gasteiger partial charge on any atom is -0.379 e. The van der Waals surface area contributed by atoms with Crippen molar-refractivity contribution in [3.05, 3.63) is 29.8 Å². The van der Waals surface area contributed by atoms with Crippen molar-refractivity contribution in [1.29, 1.82) is 0 Å². The van der Waals surface area contributed by atoms with Crippen LogP contribution in [0.3, 0.4) is 0 Å². The Morgan fingerprint density at radius 3 is 2.40 bits per heavy atom. The molecule has 1 aromatic rings. The number of nitrogens with zero attached hydrogens (tertiary/aromatic N) is 2. The first-order valence-corrected chi connectivity index (χ1v) is 9.32. The Labute approximate surface area is 156 Å². The summed E-state index contributed by atoms with van der Waals surface area (Å²) in [6, 6.07) is 8.67. The maximum Gasteiger partial charge on any atom is 0.226 e. The predicted octanol–water partition coefficient (Wildman–Crippen LogP) is 2.51. The molecule has 140 valence electrons. The highest BCUT2D eigenvalue weighted by Crippen LogP contribution is 2.24. The predicted molar refractivity (Wildman–Crippen MR) is 103 cm³/mol. The molecule has 1 aliphatic heterocycles. The third kappa shape index (κ3) is 5.33. The van der Waals surface area contributed by atoms with Crippen LogP contribution >= 0.6 is 11.6 Å². The second kappa shape index (κ2) is 8.88. The molecule has 0 bridgehead atoms. The minimum absolute atomic E-state index is 0.00864. The Kier molecular flexibility index (Phi) is 7.11. The van der Waals surface area contributed by atoms with Crippen LogP contribution < -0.4 is 10.2 Å². The smallest absolute Gasteiger partial charge is 0.226 e. The van der Waals surface area contributed by atoms with Gasteiger partial charge >= 0.3 is 0 Å². The summed E-state index contributed by atoms with van der Waals surface area (Å²) in [5.41, 5.74) is 1.81. The van der Waals surface area contributed by atoms with Gasteiger partial charge in [-0.25, -0.2) is 0 Å². The van der Waals surface area contributed by atoms with Crippen molar-refractivity contribution in [2.45, 2.75) is 19.9 Å². The van der Waals surface area contributed by atoms with E-state index in [1.165, 1.54) is 5.56 Å². The van der Waals surface area contributed by atoms with Crippen molar-refractivity contribution < 1.29 is 9.53 Å². The molecule has 1 N–H and O–H groups in total. The largest absolute Gasteiger partial charge is 0.379 e. The van der Waals surface area contributed by atoms with Gasteiger partial charge in [-0.2, -0.15) is 0 Å². The van der Waals surface area contributed by atoms with Gasteiger partial charge in [0.1, 0.15) is 0 Å². The molecule has 1 amide bonds. The average molecular weight is 368 g/mol. The zero-order chi connectivity index (χ0) is 18.4. The van der Waals surface area contributed by atoms with Crippen LogP contribution in [-0.4, -0.2) is 63.6 Å². The first-order chi connectivity index (χ1) is 11.8. The van der Waals surface area contributed by atoms with E-state index in [1.54, 1.807) is 0 Å². The zero-order valence-corrected chi connectivity index (χ0v) is 16.5. The van der Waals surface area contributed by atoms with Gasteiger partial charge in [0.05, 0.1) is 24.7 Å². The fourth-order valence-corrected chi connectivity index (χ4v) is 2.95. The molecular formula is C19H30ClN3O2. The van der Waals surface area contributed by atoms with Gasteiger partial charge in [-0.3, -0.25) is 9.69 Å². The standard InChI is InChI=1S/C19H30ClN3O2/c1-19(2,14-20)18(24)21-13-17(23-9-11-25-12-10-23)15-5-7-16(8-6-15)22(3)4/h5-8,17H,9-14H2,1-4H3,(H,21,24). The minimum atomic E-state index is -0.564. The lowest BCUT2D eigenvalue weighted by atomic mass is 9.95. The Hall–Kier alpha value is -1.30. The second-order valence-electron chi connectivity index (χ2n) is 7.38. The van der Waals surface area contributed by atoms with Crippen LogP contribution in [0.5, 0.6) is 0 Å². The molecule has 0 radical (unpaired) electrons. The van der Waals surface area contributed by atoms with Gasteiger partial charge in [0.15, 0.2) is 0 Å². The summed E-state index contributed by atoms with van der Waals surface area (Å²) >= 11 is 5.92. The third-order valence-electron chi connectivity index (χ3n) is 4.69. The molecule has 0 aliphatic carbocycles. The number of hydrogen-bond donors (Lipinski definition) is 1. The van der Waals surface area contributed by atoms with E-state index >= 15 is 0 Å². The number of nitrogens with one attached hydrogen (secondary N) is 1. The van der Waals surface area contributed by atoms with Gasteiger partial charge in [0.2, 0.25) is 5.91 Å². The highest BCUT2D eigenvalue weighted by Gasteiger charge is 2.29. The molecule has 1 aromatic carbocycles. The lowest BCUT2D eigenvalue weighted by molar-refractivity contribution is -0.128. The normalized spacial score (nSPS) is 17.2. The molecule has 1 aliphatic rings. The summed E-state index contributed by atoms with van der Waals surface area (Å²) in [6.45, 7) is 7.50. The van der Waals surface area contributed by atoms with Crippen molar-refractivity contribution in [2.75, 3.05) is 57.7 Å². The number of anilines is 1. The van der Waals surface area contributed by atoms with Crippen molar-refractivity contribution >= 4 is 23.2 Å². The number of rotatable bonds is 7. The number of benzene rings is 1. The van der Waals surface area contributed by atoms with Gasteiger partial charge in [-0.05, 0) is 31.5 Å². The van der Waals surface area contributed by atoms with E-state index in [0.717, 1.165) is 32.0 Å². The monoisotopic (exact) mass is 367 g/mol. The van der Waals surface area contributed by atoms with Gasteiger partial charge in [-0.15, -0.1) is 11.6 Å². The lowest BCUT2D eigenvalue weighted by Gasteiger charge is -2.35. The molecule has 1 atom stereocenters. The molecule has 2 rings (SSSR count). The summed E-state index contributed by atoms with van der Waals surface area (Å²) in [5, 5.41) is 3.09. The van der Waals surface area contributed by atoms with Gasteiger partial charge in [0, 0.05) is 45.3 Å². The number of carbonyl (C=O) groups excluding carboxylic acids is 1. The van der Waals surface area contributed by atoms with Crippen molar-refractivity contribution in [1.82, 2.24) is 10.2 Å². The molecule has 0 aromatic heterocycles. The summed E-state index contributed by atoms with van der Waals surface area (Å²) < 4.78 is 5.48. The topological polar surface area (TPSA) is 44.8 Å². The van der Waals surface area contributed by atoms with E-state index in [0.29, 0.717) is 12.4 Å². The van der Waals surface area contributed by atoms with Gasteiger partial charge in [-0.1, -0.05) is 12.1 Å². The van der Waals surface area contributed by atoms with E-state index in [4.69, 9.17) is 16.3 Å². The van der Waals surface area contributed by atoms with E-state index in [2.05, 4.69) is 39.4 Å². The molecule has 0 spiro atoms. The van der Waals surface area contributed by atoms with Crippen molar-refractivity contribution in [3.63, 3.8) is 0 Å². The zero-order valence-electron chi connectivity index (χ0n) is 15.7. The second-order valence-corrected chi connectivity index (χ2v) is 7.64. The highest BCUT2D eigenvalue weighted by molar-refractivity contribution is 6.19. The number of carbonyl (C=O) groups is 1. The highest BCUT2D eigenvalue weighted by atomic mass is 35.5. The molecule has 1 saturated heterocycles. The lowest BCUT2D eigenvalue weighted by Crippen LogP contribution is -2.46. The number of hydrogen-bond acceptors (Lipinski definition) is 4. The van der Waals surface area contributed by atoms with E-state index in [1.807, 2.05) is 27.9 Å². The summed E-state index contributed by atoms with van der Waals surface area (Å²) in [7, 11) is 4.06. The Morgan fingerprint density at radius 2 is 1.88 bits per heavy atom. The first-order valence-electron chi connectivity index (χ1n) is 8.78. The maximum absolute atomic E-state index is 12.4. The molecular weight excluding hydrogens is 338 g/mol. The van der Waals surface area contributed by atoms with Crippen LogP contribution in [-0.2, 0) is 9.53 Å². The van der Waals surface area contributed by atoms with Gasteiger partial charge < -0.3 is 15.0 Å². The number of amides is 1. The molecule has 5 nitrogen and oxygen atoms in total. The van der Waals surface area contributed by atoms with Crippen LogP contribution in [0.15, 0.2) is 24.3 Å². The first kappa shape index (κ1) is 20.0. The molecule has 6 heteroatoms. The molecule has 25 heavy (non-hydrogen) atoms. The van der Waals surface area contributed by atoms with Crippen LogP contribution in [0, 0.1) is 5.41 Å². The number of ether oxygens (including phenoxy) is 1. The molecule has 1 unspecified atom stereocenters. The molecule has 0 saturated carbocycles. The van der Waals surface area contributed by atoms with Crippen LogP contribution in [0.1, 0.15) is 25.5 Å². The summed E-state index contributed by atoms with van der Waals surface area (Å²) in [5.74, 6) is 0.296. The molecule has 1 fully saturated rings. The summed E-state index contributed by atoms with van der Waals surface area (Å²) in [4.78, 5) is 16.9. The SMILES string of the molecule is CN(C)c1ccc(C(CNC(=O)C(C)(C)CCl)N2CCOCC2)cc1. The molecule has 1 heterocycles. The Morgan fingerprint density at radius 1 is 1.28 bits per heavy atom.